The molecule has 0 amide bonds. The Hall–Kier alpha value is -0.260. The van der Waals surface area contributed by atoms with Gasteiger partial charge in [0.15, 0.2) is 0 Å². The molecule has 0 saturated carbocycles. The minimum Gasteiger partial charge on any atom is -0.544 e. The van der Waals surface area contributed by atoms with Crippen LogP contribution in [0.5, 0.6) is 0 Å². The molecule has 0 aromatic rings. The quantitative estimate of drug-likeness (QED) is 0.464. The molecule has 0 heterocycles. The Morgan fingerprint density at radius 3 is 2.12 bits per heavy atom. The van der Waals surface area contributed by atoms with Crippen molar-refractivity contribution < 1.29 is 19.0 Å². The zero-order valence-corrected chi connectivity index (χ0v) is 5.01. The molecule has 8 heavy (non-hydrogen) atoms. The predicted molar refractivity (Wildman–Crippen MR) is 27.1 cm³/mol. The summed E-state index contributed by atoms with van der Waals surface area (Å²) in [4.78, 5) is 9.72. The Labute approximate surface area is 49.5 Å². The SMILES string of the molecule is CC(C(=O)[O-])[S+](O)O. The summed E-state index contributed by atoms with van der Waals surface area (Å²) in [6.45, 7) is 1.17. The van der Waals surface area contributed by atoms with Gasteiger partial charge in [0, 0.05) is 0 Å². The van der Waals surface area contributed by atoms with Crippen molar-refractivity contribution >= 4 is 17.4 Å². The number of aliphatic carboxylic acids is 1. The molecule has 0 aromatic carbocycles. The molecule has 0 aromatic heterocycles. The van der Waals surface area contributed by atoms with E-state index in [0.717, 1.165) is 0 Å². The van der Waals surface area contributed by atoms with Crippen LogP contribution in [0.3, 0.4) is 0 Å². The summed E-state index contributed by atoms with van der Waals surface area (Å²) in [6, 6.07) is 0. The maximum Gasteiger partial charge on any atom is 0.318 e. The first-order valence-electron chi connectivity index (χ1n) is 1.88. The summed E-state index contributed by atoms with van der Waals surface area (Å²) in [6.07, 6.45) is 0. The molecule has 0 radical (unpaired) electrons. The van der Waals surface area contributed by atoms with Gasteiger partial charge in [-0.25, -0.2) is 0 Å². The standard InChI is InChI=1S/C3H6O4S/c1-2(3(4)5)8(6)7/h2,6-7H,1H3. The van der Waals surface area contributed by atoms with Crippen molar-refractivity contribution in [3.8, 4) is 0 Å². The molecule has 48 valence electrons. The minimum atomic E-state index is -2.05. The Morgan fingerprint density at radius 2 is 2.12 bits per heavy atom. The van der Waals surface area contributed by atoms with Crippen LogP contribution in [0, 0.1) is 0 Å². The van der Waals surface area contributed by atoms with E-state index in [4.69, 9.17) is 9.11 Å². The number of carboxylic acid groups (broad SMARTS) is 1. The first-order valence-corrected chi connectivity index (χ1v) is 3.08. The van der Waals surface area contributed by atoms with Crippen molar-refractivity contribution in [2.24, 2.45) is 0 Å². The average Bonchev–Trinajstić information content (AvgIpc) is 1.64. The third-order valence-electron chi connectivity index (χ3n) is 0.648. The summed E-state index contributed by atoms with van der Waals surface area (Å²) < 4.78 is 16.3. The smallest absolute Gasteiger partial charge is 0.318 e. The maximum atomic E-state index is 9.72. The molecule has 1 unspecified atom stereocenters. The van der Waals surface area contributed by atoms with Crippen molar-refractivity contribution in [2.75, 3.05) is 0 Å². The van der Waals surface area contributed by atoms with Crippen LogP contribution in [0.2, 0.25) is 0 Å². The van der Waals surface area contributed by atoms with Gasteiger partial charge in [0.1, 0.15) is 5.97 Å². The van der Waals surface area contributed by atoms with E-state index in [1.165, 1.54) is 6.92 Å². The van der Waals surface area contributed by atoms with Crippen LogP contribution >= 0.6 is 0 Å². The Bertz CT molecular complexity index is 91.3. The highest BCUT2D eigenvalue weighted by Gasteiger charge is 2.23. The van der Waals surface area contributed by atoms with Gasteiger partial charge >= 0.3 is 11.5 Å². The molecule has 0 aliphatic heterocycles. The van der Waals surface area contributed by atoms with E-state index in [1.54, 1.807) is 0 Å². The second-order valence-electron chi connectivity index (χ2n) is 1.25. The Balaban J connectivity index is 3.64. The van der Waals surface area contributed by atoms with E-state index >= 15 is 0 Å². The fraction of sp³-hybridized carbons (Fsp3) is 0.667. The van der Waals surface area contributed by atoms with Gasteiger partial charge < -0.3 is 9.90 Å². The number of carbonyl (C=O) groups excluding carboxylic acids is 1. The van der Waals surface area contributed by atoms with Crippen LogP contribution in [-0.4, -0.2) is 20.3 Å². The normalized spacial score (nSPS) is 14.0. The molecular formula is C3H6O4S. The lowest BCUT2D eigenvalue weighted by atomic mass is 10.5. The lowest BCUT2D eigenvalue weighted by molar-refractivity contribution is -0.304. The molecule has 5 heteroatoms. The summed E-state index contributed by atoms with van der Waals surface area (Å²) in [5, 5.41) is 8.53. The number of carbonyl (C=O) groups is 1. The van der Waals surface area contributed by atoms with Gasteiger partial charge in [-0.1, -0.05) is 0 Å². The second-order valence-corrected chi connectivity index (χ2v) is 2.55. The predicted octanol–water partition coefficient (Wildman–Crippen LogP) is -1.31. The van der Waals surface area contributed by atoms with Crippen LogP contribution in [0.1, 0.15) is 6.92 Å². The first kappa shape index (κ1) is 7.74. The fourth-order valence-corrected chi connectivity index (χ4v) is 0.258. The molecule has 0 aliphatic rings. The molecule has 0 bridgehead atoms. The number of hydrogen-bond donors (Lipinski definition) is 2. The molecule has 0 saturated heterocycles. The van der Waals surface area contributed by atoms with Gasteiger partial charge in [-0.15, -0.1) is 0 Å². The molecule has 2 N–H and O–H groups in total. The molecule has 1 atom stereocenters. The first-order chi connectivity index (χ1) is 3.55. The van der Waals surface area contributed by atoms with Crippen LogP contribution in [0.25, 0.3) is 0 Å². The zero-order chi connectivity index (χ0) is 6.73. The Kier molecular flexibility index (Phi) is 2.81. The van der Waals surface area contributed by atoms with E-state index in [-0.39, 0.29) is 0 Å². The van der Waals surface area contributed by atoms with Gasteiger partial charge in [0.2, 0.25) is 5.25 Å². The Morgan fingerprint density at radius 1 is 1.75 bits per heavy atom. The average molecular weight is 138 g/mol. The number of hydrogen-bond acceptors (Lipinski definition) is 4. The van der Waals surface area contributed by atoms with E-state index < -0.39 is 22.7 Å². The van der Waals surface area contributed by atoms with Crippen molar-refractivity contribution in [2.45, 2.75) is 12.2 Å². The van der Waals surface area contributed by atoms with Crippen LogP contribution in [0.15, 0.2) is 0 Å². The molecule has 4 nitrogen and oxygen atoms in total. The van der Waals surface area contributed by atoms with Crippen LogP contribution in [-0.2, 0) is 16.3 Å². The fourth-order valence-electron chi connectivity index (χ4n) is 0.0861. The van der Waals surface area contributed by atoms with Crippen LogP contribution < -0.4 is 5.11 Å². The molecule has 0 spiro atoms. The molecule has 0 aliphatic carbocycles. The van der Waals surface area contributed by atoms with Crippen molar-refractivity contribution in [3.63, 3.8) is 0 Å². The molecule has 0 rings (SSSR count). The lowest BCUT2D eigenvalue weighted by Crippen LogP contribution is -2.38. The van der Waals surface area contributed by atoms with Gasteiger partial charge in [0.25, 0.3) is 0 Å². The highest BCUT2D eigenvalue weighted by Crippen LogP contribution is 1.93. The highest BCUT2D eigenvalue weighted by molar-refractivity contribution is 7.87. The maximum absolute atomic E-state index is 9.72. The summed E-state index contributed by atoms with van der Waals surface area (Å²) in [5.41, 5.74) is 0. The minimum absolute atomic E-state index is 1.17. The molecular weight excluding hydrogens is 132 g/mol. The summed E-state index contributed by atoms with van der Waals surface area (Å²) in [7, 11) is 0. The number of carboxylic acids is 1. The van der Waals surface area contributed by atoms with Crippen molar-refractivity contribution in [3.05, 3.63) is 0 Å². The van der Waals surface area contributed by atoms with E-state index in [0.29, 0.717) is 0 Å². The monoisotopic (exact) mass is 138 g/mol. The second kappa shape index (κ2) is 2.91. The van der Waals surface area contributed by atoms with Crippen LogP contribution in [0.4, 0.5) is 0 Å². The third kappa shape index (κ3) is 2.15. The van der Waals surface area contributed by atoms with Gasteiger partial charge in [0.05, 0.1) is 0 Å². The van der Waals surface area contributed by atoms with Gasteiger partial charge in [-0.2, -0.15) is 9.11 Å². The summed E-state index contributed by atoms with van der Waals surface area (Å²) in [5.74, 6) is -1.45. The lowest BCUT2D eigenvalue weighted by Gasteiger charge is -2.01. The summed E-state index contributed by atoms with van der Waals surface area (Å²) >= 11 is -2.05. The van der Waals surface area contributed by atoms with Crippen molar-refractivity contribution in [1.82, 2.24) is 0 Å². The highest BCUT2D eigenvalue weighted by atomic mass is 32.2. The van der Waals surface area contributed by atoms with Gasteiger partial charge in [-0.05, 0) is 6.92 Å². The number of rotatable bonds is 2. The molecule has 0 fully saturated rings. The van der Waals surface area contributed by atoms with Crippen molar-refractivity contribution in [1.29, 1.82) is 0 Å². The van der Waals surface area contributed by atoms with Gasteiger partial charge in [-0.3, -0.25) is 0 Å². The van der Waals surface area contributed by atoms with E-state index in [9.17, 15) is 9.90 Å². The third-order valence-corrected chi connectivity index (χ3v) is 1.47. The largest absolute Gasteiger partial charge is 0.544 e. The van der Waals surface area contributed by atoms with E-state index in [1.807, 2.05) is 0 Å². The topological polar surface area (TPSA) is 80.6 Å². The zero-order valence-electron chi connectivity index (χ0n) is 4.20. The van der Waals surface area contributed by atoms with E-state index in [2.05, 4.69) is 0 Å².